The lowest BCUT2D eigenvalue weighted by Gasteiger charge is -2.32. The third-order valence-electron chi connectivity index (χ3n) is 4.31. The monoisotopic (exact) mass is 421 g/mol. The minimum atomic E-state index is -0.668. The van der Waals surface area contributed by atoms with Gasteiger partial charge in [-0.3, -0.25) is 4.79 Å². The van der Waals surface area contributed by atoms with Crippen LogP contribution in [0.2, 0.25) is 0 Å². The molecule has 3 rings (SSSR count). The van der Waals surface area contributed by atoms with E-state index < -0.39 is 17.7 Å². The summed E-state index contributed by atoms with van der Waals surface area (Å²) in [5.41, 5.74) is 0.515. The summed E-state index contributed by atoms with van der Waals surface area (Å²) < 4.78 is 47.9. The number of hydrogen-bond acceptors (Lipinski definition) is 7. The van der Waals surface area contributed by atoms with Crippen molar-refractivity contribution in [2.45, 2.75) is 6.10 Å². The number of amides is 1. The van der Waals surface area contributed by atoms with Crippen LogP contribution in [-0.2, 0) is 9.53 Å². The van der Waals surface area contributed by atoms with Gasteiger partial charge in [-0.15, -0.1) is 0 Å². The third kappa shape index (κ3) is 5.41. The lowest BCUT2D eigenvalue weighted by Crippen LogP contribution is -2.47. The van der Waals surface area contributed by atoms with Gasteiger partial charge < -0.3 is 23.8 Å². The second-order valence-corrected chi connectivity index (χ2v) is 6.32. The van der Waals surface area contributed by atoms with E-state index in [1.54, 1.807) is 11.0 Å². The number of nitrogens with zero attached hydrogens (tertiary/aromatic N) is 3. The Morgan fingerprint density at radius 1 is 1.33 bits per heavy atom. The number of ether oxygens (including phenoxy) is 4. The SMILES string of the molecule is COc1ncc(/C=C/C(=O)N2CCOC(COc3cc(F)ccc3F)C2)c(OC)n1. The molecule has 0 saturated carbocycles. The maximum atomic E-state index is 13.7. The number of benzene rings is 1. The maximum Gasteiger partial charge on any atom is 0.319 e. The van der Waals surface area contributed by atoms with Crippen LogP contribution in [0, 0.1) is 11.6 Å². The zero-order valence-electron chi connectivity index (χ0n) is 16.5. The van der Waals surface area contributed by atoms with Gasteiger partial charge >= 0.3 is 6.01 Å². The smallest absolute Gasteiger partial charge is 0.319 e. The summed E-state index contributed by atoms with van der Waals surface area (Å²) in [4.78, 5) is 22.2. The number of morpholine rings is 1. The molecule has 1 aliphatic rings. The first-order valence-electron chi connectivity index (χ1n) is 9.11. The van der Waals surface area contributed by atoms with Gasteiger partial charge in [0.05, 0.1) is 32.9 Å². The first kappa shape index (κ1) is 21.4. The van der Waals surface area contributed by atoms with Crippen molar-refractivity contribution >= 4 is 12.0 Å². The first-order valence-corrected chi connectivity index (χ1v) is 9.11. The molecule has 0 radical (unpaired) electrons. The molecule has 2 heterocycles. The predicted octanol–water partition coefficient (Wildman–Crippen LogP) is 2.09. The average molecular weight is 421 g/mol. The van der Waals surface area contributed by atoms with Gasteiger partial charge in [0.2, 0.25) is 11.8 Å². The quantitative estimate of drug-likeness (QED) is 0.633. The molecule has 10 heteroatoms. The van der Waals surface area contributed by atoms with Crippen molar-refractivity contribution in [2.24, 2.45) is 0 Å². The molecule has 1 atom stereocenters. The van der Waals surface area contributed by atoms with Gasteiger partial charge in [-0.05, 0) is 18.2 Å². The lowest BCUT2D eigenvalue weighted by atomic mass is 10.2. The predicted molar refractivity (Wildman–Crippen MR) is 102 cm³/mol. The van der Waals surface area contributed by atoms with Crippen LogP contribution in [0.3, 0.4) is 0 Å². The summed E-state index contributed by atoms with van der Waals surface area (Å²) in [5, 5.41) is 0. The minimum absolute atomic E-state index is 0.0198. The number of rotatable bonds is 7. The van der Waals surface area contributed by atoms with E-state index in [4.69, 9.17) is 18.9 Å². The number of aromatic nitrogens is 2. The number of methoxy groups -OCH3 is 2. The molecular weight excluding hydrogens is 400 g/mol. The number of hydrogen-bond donors (Lipinski definition) is 0. The van der Waals surface area contributed by atoms with Crippen LogP contribution in [0.4, 0.5) is 8.78 Å². The fourth-order valence-electron chi connectivity index (χ4n) is 2.79. The van der Waals surface area contributed by atoms with Gasteiger partial charge in [-0.25, -0.2) is 13.8 Å². The molecule has 0 N–H and O–H groups in total. The van der Waals surface area contributed by atoms with Crippen molar-refractivity contribution in [3.63, 3.8) is 0 Å². The molecule has 2 aromatic rings. The maximum absolute atomic E-state index is 13.7. The summed E-state index contributed by atoms with van der Waals surface area (Å²) in [7, 11) is 2.89. The molecule has 1 aliphatic heterocycles. The van der Waals surface area contributed by atoms with Crippen molar-refractivity contribution in [1.82, 2.24) is 14.9 Å². The fraction of sp³-hybridized carbons (Fsp3) is 0.350. The summed E-state index contributed by atoms with van der Waals surface area (Å²) >= 11 is 0. The highest BCUT2D eigenvalue weighted by Crippen LogP contribution is 2.20. The summed E-state index contributed by atoms with van der Waals surface area (Å²) in [6.45, 7) is 0.919. The molecule has 0 spiro atoms. The van der Waals surface area contributed by atoms with Crippen molar-refractivity contribution in [3.05, 3.63) is 47.7 Å². The fourth-order valence-corrected chi connectivity index (χ4v) is 2.79. The highest BCUT2D eigenvalue weighted by molar-refractivity contribution is 5.92. The molecule has 1 aromatic heterocycles. The molecule has 0 aliphatic carbocycles. The Labute approximate surface area is 172 Å². The van der Waals surface area contributed by atoms with E-state index >= 15 is 0 Å². The molecule has 1 unspecified atom stereocenters. The van der Waals surface area contributed by atoms with Gasteiger partial charge in [0.1, 0.15) is 18.5 Å². The molecule has 30 heavy (non-hydrogen) atoms. The van der Waals surface area contributed by atoms with Gasteiger partial charge in [0, 0.05) is 24.9 Å². The Hall–Kier alpha value is -3.27. The van der Waals surface area contributed by atoms with E-state index in [0.29, 0.717) is 18.7 Å². The van der Waals surface area contributed by atoms with Gasteiger partial charge in [0.15, 0.2) is 11.6 Å². The van der Waals surface area contributed by atoms with E-state index in [9.17, 15) is 13.6 Å². The summed E-state index contributed by atoms with van der Waals surface area (Å²) in [6.07, 6.45) is 3.93. The van der Waals surface area contributed by atoms with E-state index in [1.165, 1.54) is 26.5 Å². The standard InChI is InChI=1S/C20H21F2N3O5/c1-27-19-13(10-23-20(24-19)28-2)3-6-18(26)25-7-8-29-15(11-25)12-30-17-9-14(21)4-5-16(17)22/h3-6,9-10,15H,7-8,11-12H2,1-2H3/b6-3+. The second kappa shape index (κ2) is 9.97. The van der Waals surface area contributed by atoms with Crippen LogP contribution in [0.1, 0.15) is 5.56 Å². The van der Waals surface area contributed by atoms with Crippen LogP contribution in [-0.4, -0.2) is 67.4 Å². The topological polar surface area (TPSA) is 83.0 Å². The van der Waals surface area contributed by atoms with Crippen LogP contribution < -0.4 is 14.2 Å². The largest absolute Gasteiger partial charge is 0.488 e. The first-order chi connectivity index (χ1) is 14.5. The van der Waals surface area contributed by atoms with Gasteiger partial charge in [-0.1, -0.05) is 0 Å². The third-order valence-corrected chi connectivity index (χ3v) is 4.31. The Balaban J connectivity index is 1.59. The van der Waals surface area contributed by atoms with E-state index in [1.807, 2.05) is 0 Å². The van der Waals surface area contributed by atoms with Crippen LogP contribution >= 0.6 is 0 Å². The highest BCUT2D eigenvalue weighted by atomic mass is 19.1. The molecule has 1 fully saturated rings. The van der Waals surface area contributed by atoms with E-state index in [-0.39, 0.29) is 36.7 Å². The molecule has 8 nitrogen and oxygen atoms in total. The highest BCUT2D eigenvalue weighted by Gasteiger charge is 2.24. The Morgan fingerprint density at radius 2 is 2.17 bits per heavy atom. The average Bonchev–Trinajstić information content (AvgIpc) is 2.78. The second-order valence-electron chi connectivity index (χ2n) is 6.32. The molecule has 1 saturated heterocycles. The minimum Gasteiger partial charge on any atom is -0.488 e. The Bertz CT molecular complexity index is 925. The molecule has 1 aromatic carbocycles. The summed E-state index contributed by atoms with van der Waals surface area (Å²) in [6, 6.07) is 3.12. The normalized spacial score (nSPS) is 16.5. The Kier molecular flexibility index (Phi) is 7.12. The van der Waals surface area contributed by atoms with E-state index in [2.05, 4.69) is 9.97 Å². The molecular formula is C20H21F2N3O5. The molecule has 0 bridgehead atoms. The number of carbonyl (C=O) groups excluding carboxylic acids is 1. The van der Waals surface area contributed by atoms with Crippen molar-refractivity contribution in [1.29, 1.82) is 0 Å². The van der Waals surface area contributed by atoms with E-state index in [0.717, 1.165) is 18.2 Å². The molecule has 1 amide bonds. The van der Waals surface area contributed by atoms with Gasteiger partial charge in [-0.2, -0.15) is 4.98 Å². The van der Waals surface area contributed by atoms with Crippen molar-refractivity contribution in [2.75, 3.05) is 40.5 Å². The zero-order chi connectivity index (χ0) is 21.5. The lowest BCUT2D eigenvalue weighted by molar-refractivity contribution is -0.134. The summed E-state index contributed by atoms with van der Waals surface area (Å²) in [5.74, 6) is -1.45. The molecule has 160 valence electrons. The van der Waals surface area contributed by atoms with Gasteiger partial charge in [0.25, 0.3) is 0 Å². The Morgan fingerprint density at radius 3 is 2.93 bits per heavy atom. The van der Waals surface area contributed by atoms with Crippen LogP contribution in [0.25, 0.3) is 6.08 Å². The van der Waals surface area contributed by atoms with Crippen LogP contribution in [0.5, 0.6) is 17.6 Å². The number of halogens is 2. The number of carbonyl (C=O) groups is 1. The zero-order valence-corrected chi connectivity index (χ0v) is 16.5. The van der Waals surface area contributed by atoms with Crippen molar-refractivity contribution in [3.8, 4) is 17.6 Å². The van der Waals surface area contributed by atoms with Crippen LogP contribution in [0.15, 0.2) is 30.5 Å². The van der Waals surface area contributed by atoms with Crippen molar-refractivity contribution < 1.29 is 32.5 Å².